The van der Waals surface area contributed by atoms with Crippen molar-refractivity contribution >= 4 is 0 Å². The molecule has 2 unspecified atom stereocenters. The van der Waals surface area contributed by atoms with E-state index in [4.69, 9.17) is 0 Å². The minimum Gasteiger partial charge on any atom is -0.0654 e. The van der Waals surface area contributed by atoms with Crippen molar-refractivity contribution in [2.24, 2.45) is 11.3 Å². The van der Waals surface area contributed by atoms with E-state index < -0.39 is 0 Å². The Hall–Kier alpha value is 0. The van der Waals surface area contributed by atoms with Gasteiger partial charge in [0, 0.05) is 0 Å². The molecule has 1 radical (unpaired) electrons. The van der Waals surface area contributed by atoms with Gasteiger partial charge in [-0.05, 0) is 24.7 Å². The Balaban J connectivity index is 3.94. The van der Waals surface area contributed by atoms with Crippen LogP contribution >= 0.6 is 0 Å². The Morgan fingerprint density at radius 2 is 1.90 bits per heavy atom. The SMILES string of the molecule is [CH2]C(C)C(C)(CC)CCC. The zero-order valence-corrected chi connectivity index (χ0v) is 7.91. The highest BCUT2D eigenvalue weighted by Crippen LogP contribution is 2.34. The van der Waals surface area contributed by atoms with Crippen molar-refractivity contribution in [3.63, 3.8) is 0 Å². The third-order valence-electron chi connectivity index (χ3n) is 2.82. The topological polar surface area (TPSA) is 0 Å². The summed E-state index contributed by atoms with van der Waals surface area (Å²) in [4.78, 5) is 0. The minimum atomic E-state index is 0.481. The molecule has 0 spiro atoms. The van der Waals surface area contributed by atoms with Crippen LogP contribution in [0.15, 0.2) is 0 Å². The molecule has 0 aliphatic carbocycles. The molecule has 0 amide bonds. The Kier molecular flexibility index (Phi) is 4.00. The zero-order chi connectivity index (χ0) is 8.20. The summed E-state index contributed by atoms with van der Waals surface area (Å²) in [6.07, 6.45) is 3.85. The maximum absolute atomic E-state index is 4.10. The van der Waals surface area contributed by atoms with Gasteiger partial charge < -0.3 is 0 Å². The largest absolute Gasteiger partial charge is 0.0654 e. The van der Waals surface area contributed by atoms with Crippen LogP contribution in [0.3, 0.4) is 0 Å². The second-order valence-electron chi connectivity index (χ2n) is 3.66. The highest BCUT2D eigenvalue weighted by atomic mass is 14.3. The van der Waals surface area contributed by atoms with E-state index in [2.05, 4.69) is 34.6 Å². The predicted octanol–water partition coefficient (Wildman–Crippen LogP) is 3.67. The molecule has 0 heterocycles. The lowest BCUT2D eigenvalue weighted by atomic mass is 9.74. The van der Waals surface area contributed by atoms with Crippen LogP contribution in [-0.4, -0.2) is 0 Å². The first-order chi connectivity index (χ1) is 4.56. The van der Waals surface area contributed by atoms with Crippen LogP contribution in [0.1, 0.15) is 47.0 Å². The average molecular weight is 141 g/mol. The number of hydrogen-bond donors (Lipinski definition) is 0. The molecule has 0 rings (SSSR count). The zero-order valence-electron chi connectivity index (χ0n) is 7.91. The van der Waals surface area contributed by atoms with Crippen molar-refractivity contribution < 1.29 is 0 Å². The highest BCUT2D eigenvalue weighted by Gasteiger charge is 2.24. The summed E-state index contributed by atoms with van der Waals surface area (Å²) in [6, 6.07) is 0. The summed E-state index contributed by atoms with van der Waals surface area (Å²) in [5.74, 6) is 0.581. The third-order valence-corrected chi connectivity index (χ3v) is 2.82. The van der Waals surface area contributed by atoms with Crippen molar-refractivity contribution in [2.45, 2.75) is 47.0 Å². The van der Waals surface area contributed by atoms with Crippen molar-refractivity contribution in [3.8, 4) is 0 Å². The summed E-state index contributed by atoms with van der Waals surface area (Å²) in [5.41, 5.74) is 0.481. The summed E-state index contributed by atoms with van der Waals surface area (Å²) < 4.78 is 0. The van der Waals surface area contributed by atoms with Gasteiger partial charge in [0.05, 0.1) is 0 Å². The first-order valence-electron chi connectivity index (χ1n) is 4.40. The van der Waals surface area contributed by atoms with Crippen LogP contribution in [0.4, 0.5) is 0 Å². The molecule has 0 aromatic carbocycles. The van der Waals surface area contributed by atoms with Crippen LogP contribution in [0, 0.1) is 18.3 Å². The molecule has 0 saturated heterocycles. The minimum absolute atomic E-state index is 0.481. The maximum atomic E-state index is 4.10. The Bertz CT molecular complexity index is 84.0. The van der Waals surface area contributed by atoms with Gasteiger partial charge in [0.15, 0.2) is 0 Å². The molecule has 0 aromatic heterocycles. The van der Waals surface area contributed by atoms with E-state index in [-0.39, 0.29) is 0 Å². The molecule has 0 N–H and O–H groups in total. The van der Waals surface area contributed by atoms with E-state index >= 15 is 0 Å². The molecule has 61 valence electrons. The van der Waals surface area contributed by atoms with Gasteiger partial charge in [-0.15, -0.1) is 0 Å². The lowest BCUT2D eigenvalue weighted by Gasteiger charge is -2.32. The Morgan fingerprint density at radius 1 is 1.40 bits per heavy atom. The molecule has 0 aliphatic rings. The molecule has 0 nitrogen and oxygen atoms in total. The molecule has 0 heteroatoms. The van der Waals surface area contributed by atoms with Gasteiger partial charge in [-0.3, -0.25) is 0 Å². The summed E-state index contributed by atoms with van der Waals surface area (Å²) >= 11 is 0. The lowest BCUT2D eigenvalue weighted by molar-refractivity contribution is 0.208. The molecular weight excluding hydrogens is 120 g/mol. The first-order valence-corrected chi connectivity index (χ1v) is 4.40. The average Bonchev–Trinajstić information content (AvgIpc) is 1.88. The first kappa shape index (κ1) is 10.0. The summed E-state index contributed by atoms with van der Waals surface area (Å²) in [5, 5.41) is 0. The Morgan fingerprint density at radius 3 is 2.00 bits per heavy atom. The van der Waals surface area contributed by atoms with Crippen molar-refractivity contribution in [2.75, 3.05) is 0 Å². The second kappa shape index (κ2) is 4.00. The second-order valence-corrected chi connectivity index (χ2v) is 3.66. The maximum Gasteiger partial charge on any atom is -0.0303 e. The van der Waals surface area contributed by atoms with E-state index in [0.29, 0.717) is 11.3 Å². The van der Waals surface area contributed by atoms with Gasteiger partial charge in [-0.25, -0.2) is 0 Å². The number of rotatable bonds is 4. The molecule has 0 saturated carbocycles. The van der Waals surface area contributed by atoms with E-state index in [0.717, 1.165) is 0 Å². The molecule has 0 fully saturated rings. The molecular formula is C10H21. The van der Waals surface area contributed by atoms with E-state index in [1.165, 1.54) is 19.3 Å². The van der Waals surface area contributed by atoms with Gasteiger partial charge >= 0.3 is 0 Å². The quantitative estimate of drug-likeness (QED) is 0.560. The van der Waals surface area contributed by atoms with Gasteiger partial charge in [-0.1, -0.05) is 40.5 Å². The van der Waals surface area contributed by atoms with Gasteiger partial charge in [0.1, 0.15) is 0 Å². The van der Waals surface area contributed by atoms with Crippen LogP contribution in [-0.2, 0) is 0 Å². The van der Waals surface area contributed by atoms with Crippen molar-refractivity contribution in [3.05, 3.63) is 6.92 Å². The monoisotopic (exact) mass is 141 g/mol. The van der Waals surface area contributed by atoms with Crippen LogP contribution in [0.5, 0.6) is 0 Å². The fourth-order valence-electron chi connectivity index (χ4n) is 1.34. The van der Waals surface area contributed by atoms with Crippen LogP contribution in [0.2, 0.25) is 0 Å². The summed E-state index contributed by atoms with van der Waals surface area (Å²) in [7, 11) is 0. The van der Waals surface area contributed by atoms with Crippen molar-refractivity contribution in [1.29, 1.82) is 0 Å². The standard InChI is InChI=1S/C10H21/c1-6-8-10(5,7-2)9(3)4/h9H,3,6-8H2,1-2,4-5H3. The smallest absolute Gasteiger partial charge is 0.0303 e. The normalized spacial score (nSPS) is 17.4. The summed E-state index contributed by atoms with van der Waals surface area (Å²) in [6.45, 7) is 13.2. The van der Waals surface area contributed by atoms with Crippen LogP contribution < -0.4 is 0 Å². The van der Waals surface area contributed by atoms with Gasteiger partial charge in [-0.2, -0.15) is 0 Å². The molecule has 0 aliphatic heterocycles. The molecule has 0 aromatic rings. The van der Waals surface area contributed by atoms with Crippen molar-refractivity contribution in [1.82, 2.24) is 0 Å². The fraction of sp³-hybridized carbons (Fsp3) is 0.900. The lowest BCUT2D eigenvalue weighted by Crippen LogP contribution is -2.22. The molecule has 10 heavy (non-hydrogen) atoms. The van der Waals surface area contributed by atoms with E-state index in [9.17, 15) is 0 Å². The van der Waals surface area contributed by atoms with Gasteiger partial charge in [0.25, 0.3) is 0 Å². The number of hydrogen-bond acceptors (Lipinski definition) is 0. The van der Waals surface area contributed by atoms with Crippen LogP contribution in [0.25, 0.3) is 0 Å². The Labute approximate surface area is 66.0 Å². The molecule has 0 bridgehead atoms. The molecule has 2 atom stereocenters. The van der Waals surface area contributed by atoms with Gasteiger partial charge in [0.2, 0.25) is 0 Å². The highest BCUT2D eigenvalue weighted by molar-refractivity contribution is 4.79. The predicted molar refractivity (Wildman–Crippen MR) is 47.8 cm³/mol. The van der Waals surface area contributed by atoms with E-state index in [1.54, 1.807) is 0 Å². The third kappa shape index (κ3) is 2.32. The van der Waals surface area contributed by atoms with E-state index in [1.807, 2.05) is 0 Å². The fourth-order valence-corrected chi connectivity index (χ4v) is 1.34.